The highest BCUT2D eigenvalue weighted by molar-refractivity contribution is 5.99. The van der Waals surface area contributed by atoms with Gasteiger partial charge < -0.3 is 9.47 Å². The molecule has 0 unspecified atom stereocenters. The van der Waals surface area contributed by atoms with E-state index in [-0.39, 0.29) is 17.8 Å². The van der Waals surface area contributed by atoms with Crippen LogP contribution in [0.3, 0.4) is 0 Å². The molecule has 2 rings (SSSR count). The maximum atomic E-state index is 12.2. The van der Waals surface area contributed by atoms with E-state index in [4.69, 9.17) is 4.74 Å². The fourth-order valence-electron chi connectivity index (χ4n) is 2.32. The first-order chi connectivity index (χ1) is 13.1. The molecule has 0 saturated heterocycles. The average Bonchev–Trinajstić information content (AvgIpc) is 2.64. The summed E-state index contributed by atoms with van der Waals surface area (Å²) in [7, 11) is 0. The van der Waals surface area contributed by atoms with Crippen molar-refractivity contribution in [2.24, 2.45) is 5.10 Å². The largest absolute Gasteiger partial charge is 0.484 e. The fourth-order valence-corrected chi connectivity index (χ4v) is 2.32. The van der Waals surface area contributed by atoms with Gasteiger partial charge in [-0.15, -0.1) is 0 Å². The highest BCUT2D eigenvalue weighted by Crippen LogP contribution is 2.24. The van der Waals surface area contributed by atoms with Crippen molar-refractivity contribution < 1.29 is 23.0 Å². The zero-order valence-electron chi connectivity index (χ0n) is 16.3. The molecule has 28 heavy (non-hydrogen) atoms. The SMILES string of the molecule is C/C(=N\NC(=O)COc1ccc(C(C)(C)C)cc1)c1ccc(OC(F)F)cc1. The number of carbonyl (C=O) groups is 1. The molecule has 2 aromatic carbocycles. The Morgan fingerprint density at radius 3 is 2.14 bits per heavy atom. The van der Waals surface area contributed by atoms with Crippen LogP contribution in [0.4, 0.5) is 8.78 Å². The first kappa shape index (κ1) is 21.3. The predicted molar refractivity (Wildman–Crippen MR) is 104 cm³/mol. The van der Waals surface area contributed by atoms with E-state index >= 15 is 0 Å². The van der Waals surface area contributed by atoms with Gasteiger partial charge >= 0.3 is 6.61 Å². The number of hydrazone groups is 1. The van der Waals surface area contributed by atoms with Crippen LogP contribution in [-0.4, -0.2) is 24.8 Å². The smallest absolute Gasteiger partial charge is 0.387 e. The van der Waals surface area contributed by atoms with Crippen molar-refractivity contribution in [1.82, 2.24) is 5.43 Å². The summed E-state index contributed by atoms with van der Waals surface area (Å²) < 4.78 is 34.0. The minimum Gasteiger partial charge on any atom is -0.484 e. The van der Waals surface area contributed by atoms with E-state index in [2.05, 4.69) is 36.0 Å². The molecule has 0 heterocycles. The van der Waals surface area contributed by atoms with E-state index in [9.17, 15) is 13.6 Å². The summed E-state index contributed by atoms with van der Waals surface area (Å²) in [5, 5.41) is 3.99. The summed E-state index contributed by atoms with van der Waals surface area (Å²) in [5.74, 6) is 0.247. The molecule has 150 valence electrons. The summed E-state index contributed by atoms with van der Waals surface area (Å²) in [6.45, 7) is 5.01. The molecular formula is C21H24F2N2O3. The number of halogens is 2. The Kier molecular flexibility index (Phi) is 7.09. The number of benzene rings is 2. The third-order valence-corrected chi connectivity index (χ3v) is 3.94. The monoisotopic (exact) mass is 390 g/mol. The van der Waals surface area contributed by atoms with Crippen molar-refractivity contribution in [3.05, 3.63) is 59.7 Å². The summed E-state index contributed by atoms with van der Waals surface area (Å²) >= 11 is 0. The predicted octanol–water partition coefficient (Wildman–Crippen LogP) is 4.50. The minimum atomic E-state index is -2.87. The van der Waals surface area contributed by atoms with Crippen LogP contribution in [0, 0.1) is 0 Å². The summed E-state index contributed by atoms with van der Waals surface area (Å²) in [6.07, 6.45) is 0. The van der Waals surface area contributed by atoms with Crippen LogP contribution in [0.5, 0.6) is 11.5 Å². The van der Waals surface area contributed by atoms with Crippen molar-refractivity contribution in [2.75, 3.05) is 6.61 Å². The zero-order valence-corrected chi connectivity index (χ0v) is 16.3. The lowest BCUT2D eigenvalue weighted by Crippen LogP contribution is -2.25. The molecule has 0 fully saturated rings. The van der Waals surface area contributed by atoms with Crippen LogP contribution in [0.25, 0.3) is 0 Å². The highest BCUT2D eigenvalue weighted by atomic mass is 19.3. The number of nitrogens with zero attached hydrogens (tertiary/aromatic N) is 1. The third kappa shape index (κ3) is 6.64. The Hall–Kier alpha value is -2.96. The quantitative estimate of drug-likeness (QED) is 0.559. The van der Waals surface area contributed by atoms with Crippen molar-refractivity contribution in [3.63, 3.8) is 0 Å². The van der Waals surface area contributed by atoms with Crippen molar-refractivity contribution in [1.29, 1.82) is 0 Å². The number of amides is 1. The van der Waals surface area contributed by atoms with E-state index in [1.165, 1.54) is 17.7 Å². The molecule has 0 aromatic heterocycles. The molecule has 0 aliphatic heterocycles. The molecule has 0 spiro atoms. The normalized spacial score (nSPS) is 12.0. The topological polar surface area (TPSA) is 59.9 Å². The van der Waals surface area contributed by atoms with E-state index in [0.717, 1.165) is 0 Å². The molecule has 7 heteroatoms. The number of rotatable bonds is 7. The molecule has 0 radical (unpaired) electrons. The van der Waals surface area contributed by atoms with Crippen LogP contribution < -0.4 is 14.9 Å². The van der Waals surface area contributed by atoms with Gasteiger partial charge in [-0.25, -0.2) is 5.43 Å². The summed E-state index contributed by atoms with van der Waals surface area (Å²) in [5.41, 5.74) is 4.82. The number of ether oxygens (including phenoxy) is 2. The molecule has 5 nitrogen and oxygen atoms in total. The Morgan fingerprint density at radius 1 is 1.04 bits per heavy atom. The van der Waals surface area contributed by atoms with Gasteiger partial charge in [0, 0.05) is 0 Å². The van der Waals surface area contributed by atoms with E-state index in [1.807, 2.05) is 24.3 Å². The molecule has 0 saturated carbocycles. The van der Waals surface area contributed by atoms with Crippen LogP contribution in [0.2, 0.25) is 0 Å². The molecule has 0 atom stereocenters. The maximum absolute atomic E-state index is 12.2. The molecule has 0 bridgehead atoms. The second kappa shape index (κ2) is 9.30. The third-order valence-electron chi connectivity index (χ3n) is 3.94. The lowest BCUT2D eigenvalue weighted by atomic mass is 9.87. The lowest BCUT2D eigenvalue weighted by Gasteiger charge is -2.19. The van der Waals surface area contributed by atoms with Crippen molar-refractivity contribution in [3.8, 4) is 11.5 Å². The van der Waals surface area contributed by atoms with E-state index < -0.39 is 12.5 Å². The minimum absolute atomic E-state index is 0.0475. The number of alkyl halides is 2. The van der Waals surface area contributed by atoms with Crippen LogP contribution in [0.15, 0.2) is 53.6 Å². The maximum Gasteiger partial charge on any atom is 0.387 e. The van der Waals surface area contributed by atoms with Crippen LogP contribution >= 0.6 is 0 Å². The summed E-state index contributed by atoms with van der Waals surface area (Å²) in [6, 6.07) is 13.6. The zero-order chi connectivity index (χ0) is 20.7. The standard InChI is InChI=1S/C21H24F2N2O3/c1-14(15-5-9-18(10-6-15)28-20(22)23)24-25-19(26)13-27-17-11-7-16(8-12-17)21(2,3)4/h5-12,20H,13H2,1-4H3,(H,25,26)/b24-14+. The molecule has 0 aliphatic rings. The second-order valence-electron chi connectivity index (χ2n) is 7.20. The van der Waals surface area contributed by atoms with Gasteiger partial charge in [-0.3, -0.25) is 4.79 Å². The first-order valence-corrected chi connectivity index (χ1v) is 8.77. The fraction of sp³-hybridized carbons (Fsp3) is 0.333. The van der Waals surface area contributed by atoms with Gasteiger partial charge in [-0.2, -0.15) is 13.9 Å². The van der Waals surface area contributed by atoms with Crippen LogP contribution in [-0.2, 0) is 10.2 Å². The van der Waals surface area contributed by atoms with Gasteiger partial charge in [0.2, 0.25) is 0 Å². The number of hydrogen-bond acceptors (Lipinski definition) is 4. The Bertz CT molecular complexity index is 811. The molecule has 1 N–H and O–H groups in total. The first-order valence-electron chi connectivity index (χ1n) is 8.77. The lowest BCUT2D eigenvalue weighted by molar-refractivity contribution is -0.123. The molecule has 0 aliphatic carbocycles. The molecular weight excluding hydrogens is 366 g/mol. The Labute approximate surface area is 163 Å². The van der Waals surface area contributed by atoms with Gasteiger partial charge in [0.15, 0.2) is 6.61 Å². The van der Waals surface area contributed by atoms with Gasteiger partial charge in [0.1, 0.15) is 11.5 Å². The van der Waals surface area contributed by atoms with Gasteiger partial charge in [0.05, 0.1) is 5.71 Å². The number of hydrogen-bond donors (Lipinski definition) is 1. The van der Waals surface area contributed by atoms with Gasteiger partial charge in [-0.05, 0) is 59.9 Å². The summed E-state index contributed by atoms with van der Waals surface area (Å²) in [4.78, 5) is 11.9. The Morgan fingerprint density at radius 2 is 1.61 bits per heavy atom. The van der Waals surface area contributed by atoms with E-state index in [1.54, 1.807) is 19.1 Å². The number of carbonyl (C=O) groups excluding carboxylic acids is 1. The highest BCUT2D eigenvalue weighted by Gasteiger charge is 2.13. The van der Waals surface area contributed by atoms with Crippen LogP contribution in [0.1, 0.15) is 38.8 Å². The van der Waals surface area contributed by atoms with Gasteiger partial charge in [0.25, 0.3) is 5.91 Å². The van der Waals surface area contributed by atoms with Crippen molar-refractivity contribution in [2.45, 2.75) is 39.7 Å². The van der Waals surface area contributed by atoms with E-state index in [0.29, 0.717) is 17.0 Å². The van der Waals surface area contributed by atoms with Gasteiger partial charge in [-0.1, -0.05) is 32.9 Å². The molecule has 2 aromatic rings. The molecule has 1 amide bonds. The second-order valence-corrected chi connectivity index (χ2v) is 7.20. The Balaban J connectivity index is 1.85. The van der Waals surface area contributed by atoms with Crippen molar-refractivity contribution >= 4 is 11.6 Å². The number of nitrogens with one attached hydrogen (secondary N) is 1. The average molecular weight is 390 g/mol.